The van der Waals surface area contributed by atoms with Gasteiger partial charge in [-0.3, -0.25) is 14.5 Å². The fourth-order valence-electron chi connectivity index (χ4n) is 3.83. The van der Waals surface area contributed by atoms with E-state index in [0.717, 1.165) is 24.3 Å². The van der Waals surface area contributed by atoms with Crippen LogP contribution in [0.4, 0.5) is 5.69 Å². The third-order valence-electron chi connectivity index (χ3n) is 5.34. The van der Waals surface area contributed by atoms with Crippen LogP contribution in [0.3, 0.4) is 0 Å². The van der Waals surface area contributed by atoms with Crippen molar-refractivity contribution in [2.24, 2.45) is 7.05 Å². The van der Waals surface area contributed by atoms with Crippen LogP contribution in [0.1, 0.15) is 43.0 Å². The molecule has 0 bridgehead atoms. The Labute approximate surface area is 166 Å². The lowest BCUT2D eigenvalue weighted by Crippen LogP contribution is -2.42. The van der Waals surface area contributed by atoms with Gasteiger partial charge < -0.3 is 15.2 Å². The fraction of sp³-hybridized carbons (Fsp3) is 0.455. The van der Waals surface area contributed by atoms with Crippen molar-refractivity contribution in [2.45, 2.75) is 38.6 Å². The van der Waals surface area contributed by atoms with E-state index in [1.165, 1.54) is 25.7 Å². The summed E-state index contributed by atoms with van der Waals surface area (Å²) in [7, 11) is 2.02. The van der Waals surface area contributed by atoms with Crippen molar-refractivity contribution in [2.75, 3.05) is 25.0 Å². The molecule has 0 radical (unpaired) electrons. The van der Waals surface area contributed by atoms with E-state index in [-0.39, 0.29) is 6.04 Å². The number of likely N-dealkylation sites (tertiary alicyclic amines) is 1. The van der Waals surface area contributed by atoms with E-state index < -0.39 is 11.8 Å². The summed E-state index contributed by atoms with van der Waals surface area (Å²) in [5.74, 6) is -1.23. The minimum absolute atomic E-state index is 0.0637. The van der Waals surface area contributed by atoms with Gasteiger partial charge in [0.25, 0.3) is 0 Å². The Hall–Kier alpha value is -2.60. The molecule has 2 heterocycles. The molecule has 0 spiro atoms. The van der Waals surface area contributed by atoms with Gasteiger partial charge in [0.15, 0.2) is 0 Å². The highest BCUT2D eigenvalue weighted by Gasteiger charge is 2.25. The number of hydrogen-bond donors (Lipinski definition) is 2. The molecule has 2 aromatic rings. The van der Waals surface area contributed by atoms with E-state index in [0.29, 0.717) is 12.2 Å². The maximum Gasteiger partial charge on any atom is 0.313 e. The Morgan fingerprint density at radius 2 is 1.79 bits per heavy atom. The Bertz CT molecular complexity index is 806. The monoisotopic (exact) mass is 382 g/mol. The first kappa shape index (κ1) is 20.1. The zero-order chi connectivity index (χ0) is 19.9. The summed E-state index contributed by atoms with van der Waals surface area (Å²) in [6.45, 7) is 4.39. The molecule has 1 saturated heterocycles. The van der Waals surface area contributed by atoms with E-state index >= 15 is 0 Å². The van der Waals surface area contributed by atoms with Crippen molar-refractivity contribution < 1.29 is 9.59 Å². The van der Waals surface area contributed by atoms with Crippen LogP contribution in [0.25, 0.3) is 0 Å². The molecule has 2 N–H and O–H groups in total. The summed E-state index contributed by atoms with van der Waals surface area (Å²) in [6.07, 6.45) is 6.86. The number of anilines is 1. The number of carbonyl (C=O) groups excluding carboxylic acids is 2. The van der Waals surface area contributed by atoms with Crippen LogP contribution in [0.15, 0.2) is 42.6 Å². The molecule has 2 amide bonds. The molecule has 1 fully saturated rings. The summed E-state index contributed by atoms with van der Waals surface area (Å²) in [5.41, 5.74) is 2.82. The maximum atomic E-state index is 12.4. The van der Waals surface area contributed by atoms with Gasteiger partial charge in [-0.15, -0.1) is 0 Å². The number of rotatable bonds is 5. The Morgan fingerprint density at radius 3 is 2.43 bits per heavy atom. The standard InChI is InChI=1S/C22H30N4O2/c1-17-9-7-10-18(15-17)24-22(28)21(27)23-16-20(19-11-8-12-25(19)2)26-13-5-3-4-6-14-26/h7-12,15,20H,3-6,13-14,16H2,1-2H3,(H,23,27)(H,24,28). The van der Waals surface area contributed by atoms with Gasteiger partial charge in [-0.25, -0.2) is 0 Å². The van der Waals surface area contributed by atoms with Crippen molar-refractivity contribution >= 4 is 17.5 Å². The number of nitrogens with one attached hydrogen (secondary N) is 2. The normalized spacial score (nSPS) is 16.2. The number of benzene rings is 1. The van der Waals surface area contributed by atoms with Gasteiger partial charge in [-0.1, -0.05) is 25.0 Å². The van der Waals surface area contributed by atoms with Crippen LogP contribution >= 0.6 is 0 Å². The molecule has 1 unspecified atom stereocenters. The highest BCUT2D eigenvalue weighted by Crippen LogP contribution is 2.24. The smallest absolute Gasteiger partial charge is 0.313 e. The molecule has 0 aliphatic carbocycles. The molecule has 28 heavy (non-hydrogen) atoms. The molecular weight excluding hydrogens is 352 g/mol. The van der Waals surface area contributed by atoms with Crippen LogP contribution < -0.4 is 10.6 Å². The van der Waals surface area contributed by atoms with Crippen molar-refractivity contribution in [3.05, 3.63) is 53.9 Å². The van der Waals surface area contributed by atoms with Crippen LogP contribution in [-0.2, 0) is 16.6 Å². The number of aryl methyl sites for hydroxylation is 2. The van der Waals surface area contributed by atoms with E-state index in [9.17, 15) is 9.59 Å². The lowest BCUT2D eigenvalue weighted by atomic mass is 10.1. The third-order valence-corrected chi connectivity index (χ3v) is 5.34. The Morgan fingerprint density at radius 1 is 1.04 bits per heavy atom. The molecule has 150 valence electrons. The summed E-state index contributed by atoms with van der Waals surface area (Å²) >= 11 is 0. The Kier molecular flexibility index (Phi) is 6.87. The lowest BCUT2D eigenvalue weighted by Gasteiger charge is -2.31. The van der Waals surface area contributed by atoms with Gasteiger partial charge >= 0.3 is 11.8 Å². The van der Waals surface area contributed by atoms with Gasteiger partial charge in [-0.2, -0.15) is 0 Å². The lowest BCUT2D eigenvalue weighted by molar-refractivity contribution is -0.136. The molecule has 1 atom stereocenters. The predicted molar refractivity (Wildman–Crippen MR) is 111 cm³/mol. The molecular formula is C22H30N4O2. The van der Waals surface area contributed by atoms with Gasteiger partial charge in [0.1, 0.15) is 0 Å². The highest BCUT2D eigenvalue weighted by molar-refractivity contribution is 6.39. The summed E-state index contributed by atoms with van der Waals surface area (Å²) in [5, 5.41) is 5.52. The van der Waals surface area contributed by atoms with Crippen molar-refractivity contribution in [3.63, 3.8) is 0 Å². The van der Waals surface area contributed by atoms with Crippen molar-refractivity contribution in [3.8, 4) is 0 Å². The van der Waals surface area contributed by atoms with Gasteiger partial charge in [0.05, 0.1) is 6.04 Å². The topological polar surface area (TPSA) is 66.4 Å². The first-order valence-electron chi connectivity index (χ1n) is 10.1. The van der Waals surface area contributed by atoms with E-state index in [1.54, 1.807) is 6.07 Å². The summed E-state index contributed by atoms with van der Waals surface area (Å²) in [6, 6.07) is 11.6. The van der Waals surface area contributed by atoms with Gasteiger partial charge in [0, 0.05) is 31.2 Å². The zero-order valence-corrected chi connectivity index (χ0v) is 16.8. The van der Waals surface area contributed by atoms with Crippen molar-refractivity contribution in [1.29, 1.82) is 0 Å². The SMILES string of the molecule is Cc1cccc(NC(=O)C(=O)NCC(c2cccn2C)N2CCCCCC2)c1. The first-order valence-corrected chi connectivity index (χ1v) is 10.1. The molecule has 1 aliphatic rings. The highest BCUT2D eigenvalue weighted by atomic mass is 16.2. The van der Waals surface area contributed by atoms with Gasteiger partial charge in [0.2, 0.25) is 0 Å². The maximum absolute atomic E-state index is 12.4. The molecule has 1 aromatic heterocycles. The molecule has 1 aromatic carbocycles. The molecule has 6 heteroatoms. The average Bonchev–Trinajstić information content (AvgIpc) is 2.92. The number of hydrogen-bond acceptors (Lipinski definition) is 3. The van der Waals surface area contributed by atoms with E-state index in [4.69, 9.17) is 0 Å². The van der Waals surface area contributed by atoms with Crippen molar-refractivity contribution in [1.82, 2.24) is 14.8 Å². The molecule has 3 rings (SSSR count). The van der Waals surface area contributed by atoms with Crippen LogP contribution in [0.2, 0.25) is 0 Å². The first-order chi connectivity index (χ1) is 13.5. The predicted octanol–water partition coefficient (Wildman–Crippen LogP) is 3.01. The second-order valence-electron chi connectivity index (χ2n) is 7.54. The van der Waals surface area contributed by atoms with Crippen LogP contribution in [-0.4, -0.2) is 40.9 Å². The number of nitrogens with zero attached hydrogens (tertiary/aromatic N) is 2. The van der Waals surface area contributed by atoms with E-state index in [1.807, 2.05) is 44.4 Å². The minimum atomic E-state index is -0.632. The largest absolute Gasteiger partial charge is 0.353 e. The molecule has 1 aliphatic heterocycles. The van der Waals surface area contributed by atoms with Gasteiger partial charge in [-0.05, 0) is 62.7 Å². The average molecular weight is 383 g/mol. The summed E-state index contributed by atoms with van der Waals surface area (Å²) < 4.78 is 2.09. The summed E-state index contributed by atoms with van der Waals surface area (Å²) in [4.78, 5) is 27.1. The number of aromatic nitrogens is 1. The fourth-order valence-corrected chi connectivity index (χ4v) is 3.83. The Balaban J connectivity index is 1.64. The van der Waals surface area contributed by atoms with Crippen LogP contribution in [0, 0.1) is 6.92 Å². The molecule has 6 nitrogen and oxygen atoms in total. The number of amides is 2. The molecule has 0 saturated carbocycles. The van der Waals surface area contributed by atoms with E-state index in [2.05, 4.69) is 26.2 Å². The minimum Gasteiger partial charge on any atom is -0.353 e. The quantitative estimate of drug-likeness (QED) is 0.781. The zero-order valence-electron chi connectivity index (χ0n) is 16.8. The third kappa shape index (κ3) is 5.23. The second kappa shape index (κ2) is 9.55. The second-order valence-corrected chi connectivity index (χ2v) is 7.54. The number of carbonyl (C=O) groups is 2. The van der Waals surface area contributed by atoms with Crippen LogP contribution in [0.5, 0.6) is 0 Å².